The molecule has 80 valence electrons. The number of fused-ring (bicyclic) bond motifs is 1. The maximum Gasteiger partial charge on any atom is 0.0956 e. The van der Waals surface area contributed by atoms with E-state index in [4.69, 9.17) is 0 Å². The predicted octanol–water partition coefficient (Wildman–Crippen LogP) is 2.40. The van der Waals surface area contributed by atoms with E-state index in [1.54, 1.807) is 0 Å². The summed E-state index contributed by atoms with van der Waals surface area (Å²) in [5.41, 5.74) is 3.49. The summed E-state index contributed by atoms with van der Waals surface area (Å²) in [4.78, 5) is 0. The summed E-state index contributed by atoms with van der Waals surface area (Å²) in [7, 11) is 1.96. The number of nitrogens with zero attached hydrogens (tertiary/aromatic N) is 1. The zero-order valence-electron chi connectivity index (χ0n) is 8.89. The Hall–Kier alpha value is -0.870. The molecule has 3 nitrogen and oxygen atoms in total. The molecule has 0 saturated heterocycles. The fourth-order valence-electron chi connectivity index (χ4n) is 1.72. The van der Waals surface area contributed by atoms with Crippen LogP contribution in [0.4, 0.5) is 0 Å². The van der Waals surface area contributed by atoms with Gasteiger partial charge in [-0.1, -0.05) is 15.9 Å². The highest BCUT2D eigenvalue weighted by Crippen LogP contribution is 2.25. The van der Waals surface area contributed by atoms with Crippen LogP contribution in [0.3, 0.4) is 0 Å². The first kappa shape index (κ1) is 10.6. The third-order valence-corrected chi connectivity index (χ3v) is 3.00. The molecule has 2 rings (SSSR count). The predicted molar refractivity (Wildman–Crippen MR) is 66.2 cm³/mol. The minimum absolute atomic E-state index is 0.970. The van der Waals surface area contributed by atoms with Gasteiger partial charge in [-0.25, -0.2) is 0 Å². The highest BCUT2D eigenvalue weighted by atomic mass is 79.9. The summed E-state index contributed by atoms with van der Waals surface area (Å²) in [5.74, 6) is 0. The molecule has 0 radical (unpaired) electrons. The number of halogens is 1. The number of benzene rings is 1. The molecule has 0 unspecified atom stereocenters. The molecule has 0 bridgehead atoms. The van der Waals surface area contributed by atoms with Gasteiger partial charge in [0.2, 0.25) is 0 Å². The number of H-pyrrole nitrogens is 1. The van der Waals surface area contributed by atoms with Crippen molar-refractivity contribution in [3.05, 3.63) is 27.9 Å². The smallest absolute Gasteiger partial charge is 0.0956 e. The Labute approximate surface area is 97.4 Å². The van der Waals surface area contributed by atoms with Crippen LogP contribution in [0, 0.1) is 6.92 Å². The fraction of sp³-hybridized carbons (Fsp3) is 0.364. The van der Waals surface area contributed by atoms with E-state index in [9.17, 15) is 0 Å². The molecule has 0 aliphatic rings. The lowest BCUT2D eigenvalue weighted by atomic mass is 10.1. The van der Waals surface area contributed by atoms with Crippen LogP contribution < -0.4 is 5.32 Å². The first-order valence-electron chi connectivity index (χ1n) is 5.00. The number of hydrogen-bond acceptors (Lipinski definition) is 2. The third-order valence-electron chi connectivity index (χ3n) is 2.54. The van der Waals surface area contributed by atoms with Crippen molar-refractivity contribution in [3.63, 3.8) is 0 Å². The van der Waals surface area contributed by atoms with E-state index in [-0.39, 0.29) is 0 Å². The van der Waals surface area contributed by atoms with Gasteiger partial charge in [-0.2, -0.15) is 5.10 Å². The molecule has 1 aromatic carbocycles. The Kier molecular flexibility index (Phi) is 3.07. The normalized spacial score (nSPS) is 11.1. The van der Waals surface area contributed by atoms with Crippen LogP contribution in [0.5, 0.6) is 0 Å². The highest BCUT2D eigenvalue weighted by molar-refractivity contribution is 9.10. The van der Waals surface area contributed by atoms with Crippen LogP contribution in [0.1, 0.15) is 11.3 Å². The largest absolute Gasteiger partial charge is 0.319 e. The molecule has 2 aromatic rings. The van der Waals surface area contributed by atoms with E-state index in [0.717, 1.165) is 28.6 Å². The zero-order chi connectivity index (χ0) is 10.8. The summed E-state index contributed by atoms with van der Waals surface area (Å²) in [5, 5.41) is 11.7. The van der Waals surface area contributed by atoms with E-state index in [1.807, 2.05) is 14.0 Å². The Morgan fingerprint density at radius 3 is 3.00 bits per heavy atom. The van der Waals surface area contributed by atoms with E-state index in [2.05, 4.69) is 43.6 Å². The van der Waals surface area contributed by atoms with Crippen LogP contribution in [0.15, 0.2) is 16.6 Å². The molecule has 1 aromatic heterocycles. The van der Waals surface area contributed by atoms with Gasteiger partial charge in [-0.15, -0.1) is 0 Å². The lowest BCUT2D eigenvalue weighted by molar-refractivity contribution is 0.793. The van der Waals surface area contributed by atoms with Gasteiger partial charge in [0.1, 0.15) is 0 Å². The monoisotopic (exact) mass is 267 g/mol. The lowest BCUT2D eigenvalue weighted by Gasteiger charge is -2.03. The summed E-state index contributed by atoms with van der Waals surface area (Å²) < 4.78 is 1.12. The van der Waals surface area contributed by atoms with Crippen LogP contribution in [0.25, 0.3) is 10.9 Å². The maximum atomic E-state index is 4.34. The first-order chi connectivity index (χ1) is 7.22. The van der Waals surface area contributed by atoms with Gasteiger partial charge in [-0.05, 0) is 44.6 Å². The van der Waals surface area contributed by atoms with Crippen molar-refractivity contribution in [2.45, 2.75) is 13.3 Å². The standard InChI is InChI=1S/C11H14BrN3/c1-7-10-6-9(12)5-8(3-4-13-2)11(10)15-14-7/h5-6,13H,3-4H2,1-2H3,(H,14,15). The SMILES string of the molecule is CNCCc1cc(Br)cc2c(C)[nH]nc12. The van der Waals surface area contributed by atoms with Gasteiger partial charge >= 0.3 is 0 Å². The Bertz CT molecular complexity index is 476. The summed E-state index contributed by atoms with van der Waals surface area (Å²) in [6, 6.07) is 4.25. The minimum atomic E-state index is 0.970. The van der Waals surface area contributed by atoms with Crippen molar-refractivity contribution >= 4 is 26.8 Å². The van der Waals surface area contributed by atoms with Crippen molar-refractivity contribution in [3.8, 4) is 0 Å². The van der Waals surface area contributed by atoms with Gasteiger partial charge in [0, 0.05) is 15.6 Å². The molecule has 2 N–H and O–H groups in total. The number of aromatic amines is 1. The summed E-state index contributed by atoms with van der Waals surface area (Å²) in [6.45, 7) is 3.01. The highest BCUT2D eigenvalue weighted by Gasteiger charge is 2.07. The maximum absolute atomic E-state index is 4.34. The number of likely N-dealkylation sites (N-methyl/N-ethyl adjacent to an activating group) is 1. The Morgan fingerprint density at radius 2 is 2.27 bits per heavy atom. The molecule has 0 amide bonds. The average molecular weight is 268 g/mol. The van der Waals surface area contributed by atoms with E-state index < -0.39 is 0 Å². The van der Waals surface area contributed by atoms with Crippen LogP contribution in [-0.2, 0) is 6.42 Å². The first-order valence-corrected chi connectivity index (χ1v) is 5.79. The topological polar surface area (TPSA) is 40.7 Å². The summed E-state index contributed by atoms with van der Waals surface area (Å²) >= 11 is 3.53. The molecule has 15 heavy (non-hydrogen) atoms. The number of nitrogens with one attached hydrogen (secondary N) is 2. The van der Waals surface area contributed by atoms with Crippen LogP contribution in [0.2, 0.25) is 0 Å². The van der Waals surface area contributed by atoms with Gasteiger partial charge in [0.15, 0.2) is 0 Å². The molecular formula is C11H14BrN3. The number of aromatic nitrogens is 2. The second-order valence-corrected chi connectivity index (χ2v) is 4.58. The van der Waals surface area contributed by atoms with Gasteiger partial charge in [0.05, 0.1) is 5.52 Å². The number of hydrogen-bond donors (Lipinski definition) is 2. The molecule has 0 spiro atoms. The molecule has 0 aliphatic carbocycles. The van der Waals surface area contributed by atoms with Crippen molar-refractivity contribution in [1.29, 1.82) is 0 Å². The van der Waals surface area contributed by atoms with E-state index in [0.29, 0.717) is 0 Å². The zero-order valence-corrected chi connectivity index (χ0v) is 10.5. The molecule has 1 heterocycles. The summed E-state index contributed by atoms with van der Waals surface area (Å²) in [6.07, 6.45) is 0.997. The Morgan fingerprint density at radius 1 is 1.47 bits per heavy atom. The fourth-order valence-corrected chi connectivity index (χ4v) is 2.23. The van der Waals surface area contributed by atoms with Crippen molar-refractivity contribution < 1.29 is 0 Å². The van der Waals surface area contributed by atoms with Crippen LogP contribution in [-0.4, -0.2) is 23.8 Å². The van der Waals surface area contributed by atoms with Crippen molar-refractivity contribution in [1.82, 2.24) is 15.5 Å². The minimum Gasteiger partial charge on any atom is -0.319 e. The molecule has 0 aliphatic heterocycles. The average Bonchev–Trinajstić information content (AvgIpc) is 2.57. The molecule has 0 saturated carbocycles. The van der Waals surface area contributed by atoms with Gasteiger partial charge in [-0.3, -0.25) is 5.10 Å². The quantitative estimate of drug-likeness (QED) is 0.897. The second-order valence-electron chi connectivity index (χ2n) is 3.66. The van der Waals surface area contributed by atoms with Gasteiger partial charge in [0.25, 0.3) is 0 Å². The molecule has 0 atom stereocenters. The second kappa shape index (κ2) is 4.33. The number of rotatable bonds is 3. The van der Waals surface area contributed by atoms with Crippen molar-refractivity contribution in [2.24, 2.45) is 0 Å². The van der Waals surface area contributed by atoms with E-state index in [1.165, 1.54) is 10.9 Å². The Balaban J connectivity index is 2.52. The molecule has 4 heteroatoms. The molecule has 0 fully saturated rings. The third kappa shape index (κ3) is 2.06. The van der Waals surface area contributed by atoms with Crippen LogP contribution >= 0.6 is 15.9 Å². The van der Waals surface area contributed by atoms with Crippen molar-refractivity contribution in [2.75, 3.05) is 13.6 Å². The number of aryl methyl sites for hydroxylation is 1. The van der Waals surface area contributed by atoms with E-state index >= 15 is 0 Å². The lowest BCUT2D eigenvalue weighted by Crippen LogP contribution is -2.10. The molecular weight excluding hydrogens is 254 g/mol. The van der Waals surface area contributed by atoms with Gasteiger partial charge < -0.3 is 5.32 Å².